The van der Waals surface area contributed by atoms with Gasteiger partial charge in [0.15, 0.2) is 0 Å². The smallest absolute Gasteiger partial charge is 0.322 e. The van der Waals surface area contributed by atoms with Gasteiger partial charge < -0.3 is 15.4 Å². The number of halogens is 1. The number of amides is 2. The van der Waals surface area contributed by atoms with E-state index in [2.05, 4.69) is 37.1 Å². The molecule has 1 fully saturated rings. The van der Waals surface area contributed by atoms with Crippen LogP contribution in [0, 0.1) is 5.21 Å². The quantitative estimate of drug-likeness (QED) is 0.472. The van der Waals surface area contributed by atoms with Crippen molar-refractivity contribution in [2.75, 3.05) is 29.9 Å². The van der Waals surface area contributed by atoms with E-state index in [1.807, 2.05) is 24.0 Å². The van der Waals surface area contributed by atoms with E-state index in [0.29, 0.717) is 30.5 Å². The number of piperazine rings is 1. The standard InChI is InChI=1S/C20H27ClN4O2Si/c1-15-14-23(19-18(21)6-5-11-25(19)27)12-13-24(15)20(26)22-16-7-9-17(10-8-16)28(2,3)4/h5-11,15H,12-14H2,1-4H3,(H,22,26). The molecule has 0 spiro atoms. The van der Waals surface area contributed by atoms with Gasteiger partial charge in [0.1, 0.15) is 18.1 Å². The molecule has 2 amide bonds. The first-order chi connectivity index (χ1) is 13.2. The predicted octanol–water partition coefficient (Wildman–Crippen LogP) is 3.26. The molecule has 0 bridgehead atoms. The topological polar surface area (TPSA) is 62.5 Å². The Morgan fingerprint density at radius 1 is 1.21 bits per heavy atom. The Morgan fingerprint density at radius 3 is 2.46 bits per heavy atom. The fourth-order valence-electron chi connectivity index (χ4n) is 3.45. The molecular formula is C20H27ClN4O2Si. The van der Waals surface area contributed by atoms with Crippen LogP contribution in [0.1, 0.15) is 6.92 Å². The number of aromatic nitrogens is 1. The second-order valence-corrected chi connectivity index (χ2v) is 13.7. The van der Waals surface area contributed by atoms with E-state index in [-0.39, 0.29) is 12.1 Å². The highest BCUT2D eigenvalue weighted by molar-refractivity contribution is 6.88. The minimum Gasteiger partial charge on any atom is -0.711 e. The van der Waals surface area contributed by atoms with E-state index in [1.165, 1.54) is 11.4 Å². The Labute approximate surface area is 172 Å². The van der Waals surface area contributed by atoms with Gasteiger partial charge in [0.2, 0.25) is 0 Å². The van der Waals surface area contributed by atoms with Crippen LogP contribution in [0.2, 0.25) is 24.7 Å². The molecule has 8 heteroatoms. The van der Waals surface area contributed by atoms with Gasteiger partial charge in [-0.1, -0.05) is 48.6 Å². The van der Waals surface area contributed by atoms with E-state index in [0.717, 1.165) is 10.4 Å². The van der Waals surface area contributed by atoms with Crippen molar-refractivity contribution in [3.05, 3.63) is 52.8 Å². The summed E-state index contributed by atoms with van der Waals surface area (Å²) in [5, 5.41) is 16.9. The molecule has 1 aliphatic rings. The molecule has 150 valence electrons. The first-order valence-electron chi connectivity index (χ1n) is 9.47. The number of nitrogens with zero attached hydrogens (tertiary/aromatic N) is 3. The molecule has 1 aromatic carbocycles. The first-order valence-corrected chi connectivity index (χ1v) is 13.4. The molecule has 2 heterocycles. The SMILES string of the molecule is CC1CN(c2c(Cl)ccc[n+]2[O-])CCN1C(=O)Nc1ccc([Si](C)(C)C)cc1. The van der Waals surface area contributed by atoms with Crippen LogP contribution in [0.5, 0.6) is 0 Å². The van der Waals surface area contributed by atoms with Crippen molar-refractivity contribution in [1.29, 1.82) is 0 Å². The maximum atomic E-state index is 12.7. The van der Waals surface area contributed by atoms with Crippen molar-refractivity contribution in [3.63, 3.8) is 0 Å². The third kappa shape index (κ3) is 4.42. The highest BCUT2D eigenvalue weighted by Crippen LogP contribution is 2.24. The van der Waals surface area contributed by atoms with Crippen molar-refractivity contribution < 1.29 is 9.52 Å². The van der Waals surface area contributed by atoms with Crippen LogP contribution in [0.3, 0.4) is 0 Å². The van der Waals surface area contributed by atoms with Crippen LogP contribution < -0.4 is 20.1 Å². The van der Waals surface area contributed by atoms with E-state index in [9.17, 15) is 10.0 Å². The molecule has 6 nitrogen and oxygen atoms in total. The second kappa shape index (κ2) is 8.01. The van der Waals surface area contributed by atoms with Gasteiger partial charge >= 0.3 is 6.03 Å². The minimum absolute atomic E-state index is 0.0497. The van der Waals surface area contributed by atoms with Crippen LogP contribution >= 0.6 is 11.6 Å². The van der Waals surface area contributed by atoms with Gasteiger partial charge in [0, 0.05) is 5.69 Å². The first kappa shape index (κ1) is 20.5. The van der Waals surface area contributed by atoms with Crippen LogP contribution in [-0.2, 0) is 0 Å². The monoisotopic (exact) mass is 418 g/mol. The summed E-state index contributed by atoms with van der Waals surface area (Å²) in [5.41, 5.74) is 0.796. The molecule has 1 atom stereocenters. The Hall–Kier alpha value is -2.25. The van der Waals surface area contributed by atoms with Crippen molar-refractivity contribution in [1.82, 2.24) is 4.90 Å². The molecule has 1 saturated heterocycles. The molecule has 1 N–H and O–H groups in total. The largest absolute Gasteiger partial charge is 0.711 e. The number of anilines is 2. The average molecular weight is 419 g/mol. The van der Waals surface area contributed by atoms with Gasteiger partial charge in [-0.25, -0.2) is 9.52 Å². The molecule has 3 rings (SSSR count). The van der Waals surface area contributed by atoms with Gasteiger partial charge in [-0.05, 0) is 31.2 Å². The lowest BCUT2D eigenvalue weighted by Crippen LogP contribution is -2.57. The molecule has 0 aliphatic carbocycles. The summed E-state index contributed by atoms with van der Waals surface area (Å²) < 4.78 is 0.783. The van der Waals surface area contributed by atoms with E-state index >= 15 is 0 Å². The Morgan fingerprint density at radius 2 is 1.89 bits per heavy atom. The number of hydrogen-bond donors (Lipinski definition) is 1. The summed E-state index contributed by atoms with van der Waals surface area (Å²) in [5.74, 6) is 0.443. The Kier molecular flexibility index (Phi) is 5.86. The number of hydrogen-bond acceptors (Lipinski definition) is 3. The maximum Gasteiger partial charge on any atom is 0.322 e. The number of nitrogens with one attached hydrogen (secondary N) is 1. The summed E-state index contributed by atoms with van der Waals surface area (Å²) in [6.07, 6.45) is 1.44. The summed E-state index contributed by atoms with van der Waals surface area (Å²) in [6.45, 7) is 10.5. The number of pyridine rings is 1. The lowest BCUT2D eigenvalue weighted by atomic mass is 10.2. The zero-order valence-corrected chi connectivity index (χ0v) is 18.5. The van der Waals surface area contributed by atoms with Crippen molar-refractivity contribution in [2.24, 2.45) is 0 Å². The zero-order chi connectivity index (χ0) is 20.5. The molecule has 1 aliphatic heterocycles. The average Bonchev–Trinajstić information content (AvgIpc) is 2.61. The van der Waals surface area contributed by atoms with E-state index in [1.54, 1.807) is 17.0 Å². The minimum atomic E-state index is -1.36. The molecule has 1 aromatic heterocycles. The van der Waals surface area contributed by atoms with E-state index in [4.69, 9.17) is 11.6 Å². The highest BCUT2D eigenvalue weighted by Gasteiger charge is 2.33. The number of urea groups is 1. The van der Waals surface area contributed by atoms with Gasteiger partial charge in [-0.15, -0.1) is 0 Å². The maximum absolute atomic E-state index is 12.7. The van der Waals surface area contributed by atoms with Crippen molar-refractivity contribution >= 4 is 42.4 Å². The molecule has 1 unspecified atom stereocenters. The fourth-order valence-corrected chi connectivity index (χ4v) is 4.89. The summed E-state index contributed by atoms with van der Waals surface area (Å²) >= 11 is 6.21. The van der Waals surface area contributed by atoms with Gasteiger partial charge in [0.05, 0.1) is 26.9 Å². The number of carbonyl (C=O) groups is 1. The lowest BCUT2D eigenvalue weighted by Gasteiger charge is -2.37. The van der Waals surface area contributed by atoms with Crippen LogP contribution in [0.25, 0.3) is 0 Å². The van der Waals surface area contributed by atoms with Crippen LogP contribution in [0.15, 0.2) is 42.6 Å². The predicted molar refractivity (Wildman–Crippen MR) is 117 cm³/mol. The second-order valence-electron chi connectivity index (χ2n) is 8.25. The molecule has 28 heavy (non-hydrogen) atoms. The Bertz CT molecular complexity index is 834. The van der Waals surface area contributed by atoms with Gasteiger partial charge in [-0.3, -0.25) is 4.90 Å². The lowest BCUT2D eigenvalue weighted by molar-refractivity contribution is -0.592. The molecule has 0 saturated carbocycles. The van der Waals surface area contributed by atoms with Crippen molar-refractivity contribution in [3.8, 4) is 0 Å². The third-order valence-electron chi connectivity index (χ3n) is 5.08. The summed E-state index contributed by atoms with van der Waals surface area (Å²) in [7, 11) is -1.36. The number of carbonyl (C=O) groups excluding carboxylic acids is 1. The third-order valence-corrected chi connectivity index (χ3v) is 7.44. The van der Waals surface area contributed by atoms with Gasteiger partial charge in [-0.2, -0.15) is 0 Å². The van der Waals surface area contributed by atoms with E-state index < -0.39 is 8.07 Å². The number of benzene rings is 1. The molecule has 2 aromatic rings. The zero-order valence-electron chi connectivity index (χ0n) is 16.8. The van der Waals surface area contributed by atoms with Crippen LogP contribution in [0.4, 0.5) is 16.3 Å². The molecular weight excluding hydrogens is 392 g/mol. The summed E-state index contributed by atoms with van der Waals surface area (Å²) in [6, 6.07) is 11.3. The normalized spacial score (nSPS) is 17.5. The van der Waals surface area contributed by atoms with Gasteiger partial charge in [0.25, 0.3) is 5.82 Å². The molecule has 0 radical (unpaired) electrons. The number of rotatable bonds is 3. The van der Waals surface area contributed by atoms with Crippen molar-refractivity contribution in [2.45, 2.75) is 32.6 Å². The van der Waals surface area contributed by atoms with Crippen LogP contribution in [-0.4, -0.2) is 44.7 Å². The fraction of sp³-hybridized carbons (Fsp3) is 0.400. The Balaban J connectivity index is 1.65. The summed E-state index contributed by atoms with van der Waals surface area (Å²) in [4.78, 5) is 16.5. The highest BCUT2D eigenvalue weighted by atomic mass is 35.5.